The Bertz CT molecular complexity index is 540. The molecule has 1 heterocycles. The van der Waals surface area contributed by atoms with Crippen LogP contribution in [0.25, 0.3) is 11.1 Å². The van der Waals surface area contributed by atoms with Gasteiger partial charge < -0.3 is 9.64 Å². The molecule has 20 heavy (non-hydrogen) atoms. The first kappa shape index (κ1) is 14.5. The van der Waals surface area contributed by atoms with Crippen molar-refractivity contribution >= 4 is 0 Å². The topological polar surface area (TPSA) is 25.4 Å². The van der Waals surface area contributed by atoms with Gasteiger partial charge in [-0.3, -0.25) is 0 Å². The first-order valence-electron chi connectivity index (χ1n) is 6.65. The van der Waals surface area contributed by atoms with Gasteiger partial charge in [0.1, 0.15) is 5.82 Å². The van der Waals surface area contributed by atoms with Crippen LogP contribution in [-0.4, -0.2) is 37.1 Å². The van der Waals surface area contributed by atoms with Crippen molar-refractivity contribution < 1.29 is 9.13 Å². The summed E-state index contributed by atoms with van der Waals surface area (Å²) in [6.45, 7) is 1.61. The van der Waals surface area contributed by atoms with Crippen LogP contribution in [0.1, 0.15) is 6.42 Å². The molecular weight excluding hydrogens is 255 g/mol. The van der Waals surface area contributed by atoms with Crippen LogP contribution in [0.3, 0.4) is 0 Å². The van der Waals surface area contributed by atoms with E-state index in [0.717, 1.165) is 18.5 Å². The van der Waals surface area contributed by atoms with Crippen molar-refractivity contribution in [1.82, 2.24) is 9.88 Å². The second kappa shape index (κ2) is 7.01. The highest BCUT2D eigenvalue weighted by atomic mass is 19.1. The molecule has 0 unspecified atom stereocenters. The molecule has 0 amide bonds. The van der Waals surface area contributed by atoms with Crippen LogP contribution in [0.2, 0.25) is 0 Å². The summed E-state index contributed by atoms with van der Waals surface area (Å²) in [5, 5.41) is 0. The molecule has 0 aliphatic carbocycles. The molecule has 0 spiro atoms. The highest BCUT2D eigenvalue weighted by Gasteiger charge is 2.04. The number of hydrogen-bond acceptors (Lipinski definition) is 3. The molecule has 0 bridgehead atoms. The van der Waals surface area contributed by atoms with Crippen LogP contribution in [0, 0.1) is 5.82 Å². The molecule has 0 aliphatic rings. The number of halogens is 1. The quantitative estimate of drug-likeness (QED) is 0.756. The van der Waals surface area contributed by atoms with Crippen LogP contribution in [-0.2, 0) is 0 Å². The third-order valence-electron chi connectivity index (χ3n) is 2.92. The second-order valence-corrected chi connectivity index (χ2v) is 4.87. The number of hydrogen-bond donors (Lipinski definition) is 0. The highest BCUT2D eigenvalue weighted by Crippen LogP contribution is 2.22. The van der Waals surface area contributed by atoms with Gasteiger partial charge in [-0.2, -0.15) is 0 Å². The molecular formula is C16H19FN2O. The number of benzene rings is 1. The summed E-state index contributed by atoms with van der Waals surface area (Å²) in [6.07, 6.45) is 2.59. The van der Waals surface area contributed by atoms with E-state index in [2.05, 4.69) is 9.88 Å². The smallest absolute Gasteiger partial charge is 0.213 e. The molecule has 0 atom stereocenters. The molecule has 1 aromatic heterocycles. The zero-order valence-electron chi connectivity index (χ0n) is 11.8. The molecule has 4 heteroatoms. The lowest BCUT2D eigenvalue weighted by molar-refractivity contribution is 0.273. The van der Waals surface area contributed by atoms with Gasteiger partial charge in [0.05, 0.1) is 6.61 Å². The maximum absolute atomic E-state index is 13.6. The number of rotatable bonds is 6. The largest absolute Gasteiger partial charge is 0.478 e. The van der Waals surface area contributed by atoms with Gasteiger partial charge in [0, 0.05) is 29.9 Å². The first-order valence-corrected chi connectivity index (χ1v) is 6.65. The Labute approximate surface area is 119 Å². The Kier molecular flexibility index (Phi) is 5.07. The summed E-state index contributed by atoms with van der Waals surface area (Å²) in [7, 11) is 4.06. The fraction of sp³-hybridized carbons (Fsp3) is 0.312. The molecule has 0 fully saturated rings. The van der Waals surface area contributed by atoms with E-state index >= 15 is 0 Å². The summed E-state index contributed by atoms with van der Waals surface area (Å²) < 4.78 is 19.2. The van der Waals surface area contributed by atoms with Gasteiger partial charge in [0.15, 0.2) is 0 Å². The monoisotopic (exact) mass is 274 g/mol. The third kappa shape index (κ3) is 4.03. The summed E-state index contributed by atoms with van der Waals surface area (Å²) >= 11 is 0. The van der Waals surface area contributed by atoms with Gasteiger partial charge in [0.2, 0.25) is 5.88 Å². The highest BCUT2D eigenvalue weighted by molar-refractivity contribution is 5.63. The Morgan fingerprint density at radius 2 is 1.95 bits per heavy atom. The van der Waals surface area contributed by atoms with Crippen molar-refractivity contribution in [2.24, 2.45) is 0 Å². The Morgan fingerprint density at radius 1 is 1.15 bits per heavy atom. The Morgan fingerprint density at radius 3 is 2.60 bits per heavy atom. The molecule has 106 valence electrons. The van der Waals surface area contributed by atoms with E-state index in [-0.39, 0.29) is 5.82 Å². The molecule has 2 aromatic rings. The minimum atomic E-state index is -0.242. The minimum absolute atomic E-state index is 0.242. The fourth-order valence-electron chi connectivity index (χ4n) is 1.88. The molecule has 0 saturated heterocycles. The van der Waals surface area contributed by atoms with E-state index in [9.17, 15) is 4.39 Å². The van der Waals surface area contributed by atoms with Gasteiger partial charge in [-0.05, 0) is 32.6 Å². The van der Waals surface area contributed by atoms with Crippen LogP contribution in [0.15, 0.2) is 42.6 Å². The maximum atomic E-state index is 13.6. The van der Waals surface area contributed by atoms with Crippen LogP contribution >= 0.6 is 0 Å². The average molecular weight is 274 g/mol. The van der Waals surface area contributed by atoms with Crippen molar-refractivity contribution in [2.75, 3.05) is 27.2 Å². The summed E-state index contributed by atoms with van der Waals surface area (Å²) in [5.74, 6) is 0.331. The van der Waals surface area contributed by atoms with E-state index < -0.39 is 0 Å². The Hall–Kier alpha value is -1.94. The summed E-state index contributed by atoms with van der Waals surface area (Å²) in [6, 6.07) is 10.3. The molecule has 2 rings (SSSR count). The Balaban J connectivity index is 1.95. The van der Waals surface area contributed by atoms with Gasteiger partial charge in [-0.25, -0.2) is 9.37 Å². The van der Waals surface area contributed by atoms with Gasteiger partial charge in [-0.15, -0.1) is 0 Å². The first-order chi connectivity index (χ1) is 9.66. The van der Waals surface area contributed by atoms with E-state index in [0.29, 0.717) is 18.1 Å². The lowest BCUT2D eigenvalue weighted by atomic mass is 10.1. The molecule has 3 nitrogen and oxygen atoms in total. The predicted molar refractivity (Wildman–Crippen MR) is 78.3 cm³/mol. The summed E-state index contributed by atoms with van der Waals surface area (Å²) in [5.41, 5.74) is 1.31. The zero-order chi connectivity index (χ0) is 14.4. The molecule has 0 N–H and O–H groups in total. The van der Waals surface area contributed by atoms with Crippen molar-refractivity contribution in [3.8, 4) is 17.0 Å². The van der Waals surface area contributed by atoms with E-state index in [1.807, 2.05) is 26.2 Å². The fourth-order valence-corrected chi connectivity index (χ4v) is 1.88. The zero-order valence-corrected chi connectivity index (χ0v) is 11.8. The molecule has 0 aliphatic heterocycles. The number of pyridine rings is 1. The maximum Gasteiger partial charge on any atom is 0.213 e. The van der Waals surface area contributed by atoms with Crippen molar-refractivity contribution in [1.29, 1.82) is 0 Å². The van der Waals surface area contributed by atoms with Gasteiger partial charge in [-0.1, -0.05) is 18.2 Å². The number of aromatic nitrogens is 1. The summed E-state index contributed by atoms with van der Waals surface area (Å²) in [4.78, 5) is 6.32. The lowest BCUT2D eigenvalue weighted by Crippen LogP contribution is -2.15. The lowest BCUT2D eigenvalue weighted by Gasteiger charge is -2.10. The number of ether oxygens (including phenoxy) is 1. The number of nitrogens with zero attached hydrogens (tertiary/aromatic N) is 2. The van der Waals surface area contributed by atoms with Gasteiger partial charge in [0.25, 0.3) is 0 Å². The molecule has 0 saturated carbocycles. The van der Waals surface area contributed by atoms with Gasteiger partial charge >= 0.3 is 0 Å². The van der Waals surface area contributed by atoms with Crippen LogP contribution < -0.4 is 4.74 Å². The van der Waals surface area contributed by atoms with E-state index in [4.69, 9.17) is 4.74 Å². The average Bonchev–Trinajstić information content (AvgIpc) is 2.45. The predicted octanol–water partition coefficient (Wildman–Crippen LogP) is 3.22. The third-order valence-corrected chi connectivity index (χ3v) is 2.92. The second-order valence-electron chi connectivity index (χ2n) is 4.87. The SMILES string of the molecule is CN(C)CCCOc1ccc(-c2ccccc2F)cn1. The van der Waals surface area contributed by atoms with E-state index in [1.54, 1.807) is 24.4 Å². The minimum Gasteiger partial charge on any atom is -0.478 e. The van der Waals surface area contributed by atoms with Crippen molar-refractivity contribution in [2.45, 2.75) is 6.42 Å². The van der Waals surface area contributed by atoms with Crippen LogP contribution in [0.5, 0.6) is 5.88 Å². The van der Waals surface area contributed by atoms with Crippen molar-refractivity contribution in [3.05, 3.63) is 48.4 Å². The standard InChI is InChI=1S/C16H19FN2O/c1-19(2)10-5-11-20-16-9-8-13(12-18-16)14-6-3-4-7-15(14)17/h3-4,6-9,12H,5,10-11H2,1-2H3. The van der Waals surface area contributed by atoms with E-state index in [1.165, 1.54) is 6.07 Å². The van der Waals surface area contributed by atoms with Crippen molar-refractivity contribution in [3.63, 3.8) is 0 Å². The normalized spacial score (nSPS) is 10.8. The van der Waals surface area contributed by atoms with Crippen LogP contribution in [0.4, 0.5) is 4.39 Å². The molecule has 0 radical (unpaired) electrons. The molecule has 1 aromatic carbocycles.